The lowest BCUT2D eigenvalue weighted by Crippen LogP contribution is -1.77. The van der Waals surface area contributed by atoms with Crippen molar-refractivity contribution in [2.75, 3.05) is 0 Å². The molecule has 3 nitrogen and oxygen atoms in total. The molecule has 0 atom stereocenters. The summed E-state index contributed by atoms with van der Waals surface area (Å²) in [6, 6.07) is 10.3. The fourth-order valence-corrected chi connectivity index (χ4v) is 2.17. The highest BCUT2D eigenvalue weighted by Crippen LogP contribution is 2.30. The monoisotopic (exact) mass is 229 g/mol. The lowest BCUT2D eigenvalue weighted by atomic mass is 10.1. The molecule has 0 bridgehead atoms. The van der Waals surface area contributed by atoms with Crippen molar-refractivity contribution >= 4 is 17.6 Å². The molecule has 0 aliphatic heterocycles. The third-order valence-corrected chi connectivity index (χ3v) is 3.21. The highest BCUT2D eigenvalue weighted by Gasteiger charge is 2.06. The van der Waals surface area contributed by atoms with Crippen LogP contribution in [-0.4, -0.2) is 11.4 Å². The smallest absolute Gasteiger partial charge is 0.160 e. The van der Waals surface area contributed by atoms with E-state index in [0.717, 1.165) is 16.7 Å². The lowest BCUT2D eigenvalue weighted by molar-refractivity contribution is 0.112. The number of nitrogens with zero attached hydrogens (tertiary/aromatic N) is 1. The minimum absolute atomic E-state index is 0.0407. The largest absolute Gasteiger partial charge is 0.507 e. The van der Waals surface area contributed by atoms with Crippen LogP contribution in [0.1, 0.15) is 15.2 Å². The summed E-state index contributed by atoms with van der Waals surface area (Å²) in [7, 11) is 0. The fourth-order valence-electron chi connectivity index (χ4n) is 1.35. The molecular weight excluding hydrogens is 222 g/mol. The lowest BCUT2D eigenvalue weighted by Gasteiger charge is -1.99. The summed E-state index contributed by atoms with van der Waals surface area (Å²) in [6.07, 6.45) is 0.789. The first-order valence-electron chi connectivity index (χ1n) is 4.53. The average molecular weight is 229 g/mol. The van der Waals surface area contributed by atoms with Crippen LogP contribution in [0.25, 0.3) is 10.4 Å². The second-order valence-corrected chi connectivity index (χ2v) is 4.28. The van der Waals surface area contributed by atoms with E-state index >= 15 is 0 Å². The van der Waals surface area contributed by atoms with E-state index in [9.17, 15) is 9.90 Å². The van der Waals surface area contributed by atoms with Crippen LogP contribution in [0, 0.1) is 11.3 Å². The summed E-state index contributed by atoms with van der Waals surface area (Å²) in [5.41, 5.74) is 1.05. The Morgan fingerprint density at radius 2 is 2.12 bits per heavy atom. The van der Waals surface area contributed by atoms with Gasteiger partial charge in [-0.2, -0.15) is 5.26 Å². The van der Waals surface area contributed by atoms with Gasteiger partial charge in [-0.25, -0.2) is 0 Å². The van der Waals surface area contributed by atoms with Crippen molar-refractivity contribution in [2.24, 2.45) is 0 Å². The van der Waals surface area contributed by atoms with Gasteiger partial charge in [0, 0.05) is 4.88 Å². The Bertz CT molecular complexity index is 581. The van der Waals surface area contributed by atoms with Gasteiger partial charge in [-0.3, -0.25) is 4.79 Å². The minimum atomic E-state index is -0.0407. The van der Waals surface area contributed by atoms with E-state index in [-0.39, 0.29) is 11.3 Å². The molecule has 0 aliphatic carbocycles. The molecule has 0 fully saturated rings. The van der Waals surface area contributed by atoms with Gasteiger partial charge in [0.1, 0.15) is 11.8 Å². The molecule has 2 rings (SSSR count). The molecule has 0 saturated carbocycles. The van der Waals surface area contributed by atoms with Crippen LogP contribution in [0.3, 0.4) is 0 Å². The number of thiophene rings is 1. The predicted molar refractivity (Wildman–Crippen MR) is 61.5 cm³/mol. The summed E-state index contributed by atoms with van der Waals surface area (Å²) < 4.78 is 0. The Morgan fingerprint density at radius 1 is 1.31 bits per heavy atom. The Hall–Kier alpha value is -2.12. The molecule has 0 spiro atoms. The standard InChI is InChI=1S/C12H7NO2S/c13-6-9-2-1-8(5-11(9)15)12-4-3-10(7-14)16-12/h1-5,7,15H. The topological polar surface area (TPSA) is 61.1 Å². The maximum atomic E-state index is 10.5. The number of benzene rings is 1. The summed E-state index contributed by atoms with van der Waals surface area (Å²) in [5, 5.41) is 18.2. The second-order valence-electron chi connectivity index (χ2n) is 3.16. The van der Waals surface area contributed by atoms with Gasteiger partial charge in [0.05, 0.1) is 10.4 Å². The maximum absolute atomic E-state index is 10.5. The van der Waals surface area contributed by atoms with Crippen LogP contribution >= 0.6 is 11.3 Å². The molecule has 4 heteroatoms. The number of hydrogen-bond acceptors (Lipinski definition) is 4. The SMILES string of the molecule is N#Cc1ccc(-c2ccc(C=O)s2)cc1O. The van der Waals surface area contributed by atoms with Crippen molar-refractivity contribution in [3.05, 3.63) is 40.8 Å². The molecule has 16 heavy (non-hydrogen) atoms. The van der Waals surface area contributed by atoms with E-state index < -0.39 is 0 Å². The van der Waals surface area contributed by atoms with Crippen molar-refractivity contribution < 1.29 is 9.90 Å². The Morgan fingerprint density at radius 3 is 2.69 bits per heavy atom. The first-order chi connectivity index (χ1) is 7.74. The van der Waals surface area contributed by atoms with Crippen LogP contribution < -0.4 is 0 Å². The Balaban J connectivity index is 2.45. The number of carbonyl (C=O) groups excluding carboxylic acids is 1. The van der Waals surface area contributed by atoms with Gasteiger partial charge in [-0.15, -0.1) is 11.3 Å². The summed E-state index contributed by atoms with van der Waals surface area (Å²) >= 11 is 1.35. The minimum Gasteiger partial charge on any atom is -0.507 e. The number of phenolic OH excluding ortho intramolecular Hbond substituents is 1. The van der Waals surface area contributed by atoms with Gasteiger partial charge in [0.2, 0.25) is 0 Å². The van der Waals surface area contributed by atoms with E-state index in [4.69, 9.17) is 5.26 Å². The molecule has 0 aliphatic rings. The second kappa shape index (κ2) is 4.17. The molecule has 0 amide bonds. The highest BCUT2D eigenvalue weighted by molar-refractivity contribution is 7.17. The zero-order valence-electron chi connectivity index (χ0n) is 8.18. The third-order valence-electron chi connectivity index (χ3n) is 2.15. The third kappa shape index (κ3) is 1.81. The number of hydrogen-bond donors (Lipinski definition) is 1. The zero-order chi connectivity index (χ0) is 11.5. The van der Waals surface area contributed by atoms with Crippen LogP contribution in [0.2, 0.25) is 0 Å². The van der Waals surface area contributed by atoms with E-state index in [0.29, 0.717) is 4.88 Å². The molecule has 0 radical (unpaired) electrons. The van der Waals surface area contributed by atoms with Gasteiger partial charge >= 0.3 is 0 Å². The quantitative estimate of drug-likeness (QED) is 0.805. The molecule has 78 valence electrons. The van der Waals surface area contributed by atoms with Crippen molar-refractivity contribution in [1.29, 1.82) is 5.26 Å². The summed E-state index contributed by atoms with van der Waals surface area (Å²) in [5.74, 6) is -0.0407. The van der Waals surface area contributed by atoms with Gasteiger partial charge in [0.15, 0.2) is 6.29 Å². The maximum Gasteiger partial charge on any atom is 0.160 e. The zero-order valence-corrected chi connectivity index (χ0v) is 8.99. The molecule has 0 unspecified atom stereocenters. The molecule has 2 aromatic rings. The van der Waals surface area contributed by atoms with E-state index in [1.807, 2.05) is 12.1 Å². The first kappa shape index (κ1) is 10.4. The fraction of sp³-hybridized carbons (Fsp3) is 0. The number of aldehydes is 1. The van der Waals surface area contributed by atoms with E-state index in [2.05, 4.69) is 0 Å². The van der Waals surface area contributed by atoms with Crippen molar-refractivity contribution in [1.82, 2.24) is 0 Å². The predicted octanol–water partition coefficient (Wildman–Crippen LogP) is 2.80. The number of phenols is 1. The van der Waals surface area contributed by atoms with Gasteiger partial charge in [-0.1, -0.05) is 6.07 Å². The van der Waals surface area contributed by atoms with E-state index in [1.165, 1.54) is 17.4 Å². The molecule has 1 heterocycles. The van der Waals surface area contributed by atoms with Gasteiger partial charge in [0.25, 0.3) is 0 Å². The average Bonchev–Trinajstić information content (AvgIpc) is 2.77. The molecule has 1 aromatic carbocycles. The molecule has 0 saturated heterocycles. The number of aromatic hydroxyl groups is 1. The van der Waals surface area contributed by atoms with Gasteiger partial charge < -0.3 is 5.11 Å². The number of nitriles is 1. The first-order valence-corrected chi connectivity index (χ1v) is 5.35. The number of rotatable bonds is 2. The van der Waals surface area contributed by atoms with Gasteiger partial charge in [-0.05, 0) is 29.8 Å². The normalized spacial score (nSPS) is 9.69. The van der Waals surface area contributed by atoms with Crippen molar-refractivity contribution in [3.8, 4) is 22.3 Å². The number of carbonyl (C=O) groups is 1. The van der Waals surface area contributed by atoms with Crippen molar-refractivity contribution in [3.63, 3.8) is 0 Å². The van der Waals surface area contributed by atoms with Crippen LogP contribution in [0.5, 0.6) is 5.75 Å². The van der Waals surface area contributed by atoms with E-state index in [1.54, 1.807) is 18.2 Å². The Labute approximate surface area is 96.2 Å². The van der Waals surface area contributed by atoms with Crippen LogP contribution in [0.4, 0.5) is 0 Å². The molecular formula is C12H7NO2S. The van der Waals surface area contributed by atoms with Crippen molar-refractivity contribution in [2.45, 2.75) is 0 Å². The van der Waals surface area contributed by atoms with Crippen LogP contribution in [-0.2, 0) is 0 Å². The molecule has 1 N–H and O–H groups in total. The highest BCUT2D eigenvalue weighted by atomic mass is 32.1. The van der Waals surface area contributed by atoms with Crippen LogP contribution in [0.15, 0.2) is 30.3 Å². The Kier molecular flexibility index (Phi) is 2.71. The summed E-state index contributed by atoms with van der Waals surface area (Å²) in [4.78, 5) is 12.1. The summed E-state index contributed by atoms with van der Waals surface area (Å²) in [6.45, 7) is 0. The molecule has 1 aromatic heterocycles.